The molecule has 168 valence electrons. The largest absolute Gasteiger partial charge is 0.478 e. The molecular formula is C26H20Cl3NO3. The summed E-state index contributed by atoms with van der Waals surface area (Å²) in [5.74, 6) is 1.49. The summed E-state index contributed by atoms with van der Waals surface area (Å²) in [6.45, 7) is 3.71. The average Bonchev–Trinajstić information content (AvgIpc) is 3.10. The van der Waals surface area contributed by atoms with Crippen LogP contribution >= 0.6 is 34.8 Å². The Morgan fingerprint density at radius 3 is 2.67 bits per heavy atom. The molecule has 0 aliphatic carbocycles. The van der Waals surface area contributed by atoms with Crippen LogP contribution in [-0.4, -0.2) is 24.0 Å². The van der Waals surface area contributed by atoms with Crippen molar-refractivity contribution in [3.8, 4) is 11.5 Å². The summed E-state index contributed by atoms with van der Waals surface area (Å²) in [7, 11) is 0. The van der Waals surface area contributed by atoms with Gasteiger partial charge in [0.25, 0.3) is 0 Å². The first-order chi connectivity index (χ1) is 15.9. The SMILES string of the molecule is Cc1cc2c(c3c1C(=O)/C(=C\c1cccc(Cl)c1)O3)CN(CCc1ccc(Cl)cc1Cl)CO2. The number of ketones is 1. The number of nitrogens with zero attached hydrogens (tertiary/aromatic N) is 1. The number of ether oxygens (including phenoxy) is 2. The van der Waals surface area contributed by atoms with Gasteiger partial charge in [-0.3, -0.25) is 9.69 Å². The lowest BCUT2D eigenvalue weighted by Gasteiger charge is -2.30. The third-order valence-electron chi connectivity index (χ3n) is 5.85. The quantitative estimate of drug-likeness (QED) is 0.363. The van der Waals surface area contributed by atoms with E-state index in [1.807, 2.05) is 37.3 Å². The van der Waals surface area contributed by atoms with Gasteiger partial charge in [-0.05, 0) is 66.4 Å². The van der Waals surface area contributed by atoms with E-state index in [-0.39, 0.29) is 11.5 Å². The zero-order valence-corrected chi connectivity index (χ0v) is 20.1. The third-order valence-corrected chi connectivity index (χ3v) is 6.67. The van der Waals surface area contributed by atoms with Gasteiger partial charge in [0.1, 0.15) is 18.2 Å². The molecular weight excluding hydrogens is 481 g/mol. The Balaban J connectivity index is 1.40. The normalized spacial score (nSPS) is 16.4. The van der Waals surface area contributed by atoms with Crippen LogP contribution in [0.3, 0.4) is 0 Å². The first kappa shape index (κ1) is 22.3. The molecule has 0 bridgehead atoms. The van der Waals surface area contributed by atoms with Crippen LogP contribution in [0.2, 0.25) is 15.1 Å². The molecule has 2 aliphatic heterocycles. The van der Waals surface area contributed by atoms with E-state index < -0.39 is 0 Å². The minimum Gasteiger partial charge on any atom is -0.478 e. The number of rotatable bonds is 4. The number of allylic oxidation sites excluding steroid dienone is 1. The van der Waals surface area contributed by atoms with Crippen molar-refractivity contribution < 1.29 is 14.3 Å². The van der Waals surface area contributed by atoms with Gasteiger partial charge in [-0.2, -0.15) is 0 Å². The predicted octanol–water partition coefficient (Wildman–Crippen LogP) is 6.97. The van der Waals surface area contributed by atoms with Gasteiger partial charge in [0.05, 0.1) is 11.1 Å². The number of carbonyl (C=O) groups excluding carboxylic acids is 1. The highest BCUT2D eigenvalue weighted by molar-refractivity contribution is 6.35. The minimum atomic E-state index is -0.129. The molecule has 0 radical (unpaired) electrons. The molecule has 3 aromatic carbocycles. The predicted molar refractivity (Wildman–Crippen MR) is 132 cm³/mol. The summed E-state index contributed by atoms with van der Waals surface area (Å²) in [5, 5.41) is 1.88. The average molecular weight is 501 g/mol. The number of hydrogen-bond acceptors (Lipinski definition) is 4. The van der Waals surface area contributed by atoms with E-state index in [4.69, 9.17) is 44.3 Å². The fourth-order valence-corrected chi connectivity index (χ4v) is 4.87. The summed E-state index contributed by atoms with van der Waals surface area (Å²) in [4.78, 5) is 15.3. The van der Waals surface area contributed by atoms with E-state index in [2.05, 4.69) is 4.90 Å². The summed E-state index contributed by atoms with van der Waals surface area (Å²) in [6, 6.07) is 14.8. The van der Waals surface area contributed by atoms with Gasteiger partial charge in [0, 0.05) is 28.2 Å². The van der Waals surface area contributed by atoms with E-state index >= 15 is 0 Å². The zero-order chi connectivity index (χ0) is 23.1. The highest BCUT2D eigenvalue weighted by Crippen LogP contribution is 2.44. The minimum absolute atomic E-state index is 0.129. The zero-order valence-electron chi connectivity index (χ0n) is 17.8. The molecule has 0 fully saturated rings. The van der Waals surface area contributed by atoms with E-state index in [0.29, 0.717) is 39.7 Å². The van der Waals surface area contributed by atoms with Crippen LogP contribution in [0.25, 0.3) is 6.08 Å². The van der Waals surface area contributed by atoms with Gasteiger partial charge >= 0.3 is 0 Å². The van der Waals surface area contributed by atoms with Gasteiger partial charge in [0.2, 0.25) is 5.78 Å². The number of fused-ring (bicyclic) bond motifs is 3. The molecule has 2 aliphatic rings. The van der Waals surface area contributed by atoms with Gasteiger partial charge in [-0.25, -0.2) is 0 Å². The first-order valence-corrected chi connectivity index (χ1v) is 11.7. The molecule has 2 heterocycles. The molecule has 0 saturated heterocycles. The van der Waals surface area contributed by atoms with Crippen molar-refractivity contribution in [3.63, 3.8) is 0 Å². The maximum Gasteiger partial charge on any atom is 0.232 e. The van der Waals surface area contributed by atoms with Gasteiger partial charge in [-0.15, -0.1) is 0 Å². The molecule has 7 heteroatoms. The molecule has 0 atom stereocenters. The smallest absolute Gasteiger partial charge is 0.232 e. The number of aryl methyl sites for hydroxylation is 1. The fourth-order valence-electron chi connectivity index (χ4n) is 4.17. The van der Waals surface area contributed by atoms with E-state index in [9.17, 15) is 4.79 Å². The highest BCUT2D eigenvalue weighted by Gasteiger charge is 2.35. The monoisotopic (exact) mass is 499 g/mol. The molecule has 5 rings (SSSR count). The summed E-state index contributed by atoms with van der Waals surface area (Å²) in [5.41, 5.74) is 4.15. The maximum atomic E-state index is 13.1. The van der Waals surface area contributed by atoms with E-state index in [0.717, 1.165) is 41.0 Å². The number of benzene rings is 3. The number of Topliss-reactive ketones (excluding diaryl/α,β-unsaturated/α-hetero) is 1. The van der Waals surface area contributed by atoms with Crippen molar-refractivity contribution >= 4 is 46.7 Å². The van der Waals surface area contributed by atoms with Crippen LogP contribution in [0.1, 0.15) is 32.6 Å². The van der Waals surface area contributed by atoms with Crippen LogP contribution in [0, 0.1) is 6.92 Å². The molecule has 0 spiro atoms. The van der Waals surface area contributed by atoms with E-state index in [1.54, 1.807) is 24.3 Å². The lowest BCUT2D eigenvalue weighted by Crippen LogP contribution is -2.34. The highest BCUT2D eigenvalue weighted by atomic mass is 35.5. The molecule has 0 N–H and O–H groups in total. The first-order valence-electron chi connectivity index (χ1n) is 10.5. The Morgan fingerprint density at radius 2 is 1.88 bits per heavy atom. The summed E-state index contributed by atoms with van der Waals surface area (Å²) >= 11 is 18.4. The van der Waals surface area contributed by atoms with Crippen LogP contribution in [-0.2, 0) is 13.0 Å². The van der Waals surface area contributed by atoms with Gasteiger partial charge in [0.15, 0.2) is 5.76 Å². The number of carbonyl (C=O) groups is 1. The molecule has 0 saturated carbocycles. The standard InChI is InChI=1S/C26H20Cl3NO3/c1-15-9-22-20(13-30(14-32-22)8-7-17-5-6-19(28)12-21(17)29)26-24(15)25(31)23(33-26)11-16-3-2-4-18(27)10-16/h2-6,9-12H,7-8,13-14H2,1H3/b23-11+. The van der Waals surface area contributed by atoms with Crippen molar-refractivity contribution in [3.05, 3.63) is 97.2 Å². The Labute approximate surface area is 207 Å². The van der Waals surface area contributed by atoms with Crippen molar-refractivity contribution in [2.75, 3.05) is 13.3 Å². The molecule has 0 unspecified atom stereocenters. The van der Waals surface area contributed by atoms with Gasteiger partial charge in [-0.1, -0.05) is 53.0 Å². The molecule has 4 nitrogen and oxygen atoms in total. The Morgan fingerprint density at radius 1 is 1.06 bits per heavy atom. The second kappa shape index (κ2) is 9.03. The second-order valence-corrected chi connectivity index (χ2v) is 9.46. The number of halogens is 3. The topological polar surface area (TPSA) is 38.8 Å². The van der Waals surface area contributed by atoms with Gasteiger partial charge < -0.3 is 9.47 Å². The fraction of sp³-hybridized carbons (Fsp3) is 0.192. The Bertz CT molecular complexity index is 1300. The Kier molecular flexibility index (Phi) is 6.11. The molecule has 3 aromatic rings. The van der Waals surface area contributed by atoms with Crippen LogP contribution in [0.5, 0.6) is 11.5 Å². The Hall–Kier alpha value is -2.50. The van der Waals surface area contributed by atoms with Crippen molar-refractivity contribution in [2.24, 2.45) is 0 Å². The van der Waals surface area contributed by atoms with Crippen molar-refractivity contribution in [1.82, 2.24) is 4.90 Å². The molecule has 33 heavy (non-hydrogen) atoms. The van der Waals surface area contributed by atoms with E-state index in [1.165, 1.54) is 0 Å². The lowest BCUT2D eigenvalue weighted by atomic mass is 9.98. The number of hydrogen-bond donors (Lipinski definition) is 0. The van der Waals surface area contributed by atoms with Crippen LogP contribution < -0.4 is 9.47 Å². The summed E-state index contributed by atoms with van der Waals surface area (Å²) in [6.07, 6.45) is 2.48. The third kappa shape index (κ3) is 4.49. The second-order valence-electron chi connectivity index (χ2n) is 8.18. The van der Waals surface area contributed by atoms with Crippen molar-refractivity contribution in [2.45, 2.75) is 19.9 Å². The lowest BCUT2D eigenvalue weighted by molar-refractivity contribution is 0.0949. The molecule has 0 aromatic heterocycles. The maximum absolute atomic E-state index is 13.1. The van der Waals surface area contributed by atoms with Crippen LogP contribution in [0.15, 0.2) is 54.3 Å². The summed E-state index contributed by atoms with van der Waals surface area (Å²) < 4.78 is 12.1. The van der Waals surface area contributed by atoms with Crippen LogP contribution in [0.4, 0.5) is 0 Å². The molecule has 0 amide bonds. The van der Waals surface area contributed by atoms with Crippen molar-refractivity contribution in [1.29, 1.82) is 0 Å².